The predicted octanol–water partition coefficient (Wildman–Crippen LogP) is 3.52. The van der Waals surface area contributed by atoms with E-state index in [2.05, 4.69) is 15.1 Å². The van der Waals surface area contributed by atoms with Crippen molar-refractivity contribution in [2.75, 3.05) is 20.3 Å². The Morgan fingerprint density at radius 3 is 2.80 bits per heavy atom. The fraction of sp³-hybridized carbons (Fsp3) is 0.231. The average Bonchev–Trinajstić information content (AvgIpc) is 3.20. The molecule has 0 saturated carbocycles. The Morgan fingerprint density at radius 1 is 1.06 bits per heavy atom. The number of pyridine rings is 1. The van der Waals surface area contributed by atoms with Gasteiger partial charge in [-0.3, -0.25) is 4.79 Å². The van der Waals surface area contributed by atoms with Crippen LogP contribution in [0.15, 0.2) is 65.7 Å². The largest absolute Gasteiger partial charge is 0.496 e. The normalized spacial score (nSPS) is 13.2. The third kappa shape index (κ3) is 3.84. The molecule has 2 aromatic carbocycles. The van der Waals surface area contributed by atoms with E-state index in [1.165, 1.54) is 0 Å². The summed E-state index contributed by atoms with van der Waals surface area (Å²) in [6, 6.07) is 15.3. The zero-order valence-electron chi connectivity index (χ0n) is 19.2. The molecule has 6 rings (SSSR count). The van der Waals surface area contributed by atoms with Crippen molar-refractivity contribution in [3.8, 4) is 28.6 Å². The lowest BCUT2D eigenvalue weighted by molar-refractivity contribution is 0.297. The summed E-state index contributed by atoms with van der Waals surface area (Å²) in [4.78, 5) is 22.2. The first kappa shape index (κ1) is 21.2. The van der Waals surface area contributed by atoms with Crippen LogP contribution in [-0.2, 0) is 13.0 Å². The van der Waals surface area contributed by atoms with E-state index < -0.39 is 0 Å². The third-order valence-electron chi connectivity index (χ3n) is 6.13. The molecule has 0 aliphatic carbocycles. The number of methoxy groups -OCH3 is 1. The topological polar surface area (TPSA) is 92.8 Å². The maximum atomic E-state index is 13.2. The maximum Gasteiger partial charge on any atom is 0.261 e. The van der Waals surface area contributed by atoms with E-state index in [1.54, 1.807) is 28.6 Å². The molecule has 3 aromatic heterocycles. The molecule has 0 N–H and O–H groups in total. The summed E-state index contributed by atoms with van der Waals surface area (Å²) >= 11 is 0. The van der Waals surface area contributed by atoms with Gasteiger partial charge in [0, 0.05) is 30.9 Å². The highest BCUT2D eigenvalue weighted by Gasteiger charge is 2.16. The van der Waals surface area contributed by atoms with Crippen molar-refractivity contribution in [2.24, 2.45) is 0 Å². The van der Waals surface area contributed by atoms with Crippen molar-refractivity contribution in [1.29, 1.82) is 0 Å². The van der Waals surface area contributed by atoms with Crippen LogP contribution in [-0.4, -0.2) is 44.5 Å². The quantitative estimate of drug-likeness (QED) is 0.389. The van der Waals surface area contributed by atoms with Gasteiger partial charge in [-0.05, 0) is 42.3 Å². The summed E-state index contributed by atoms with van der Waals surface area (Å²) < 4.78 is 20.2. The molecule has 176 valence electrons. The number of rotatable bonds is 5. The van der Waals surface area contributed by atoms with Crippen LogP contribution in [0.25, 0.3) is 28.1 Å². The number of hydrogen-bond donors (Lipinski definition) is 0. The average molecular weight is 470 g/mol. The number of para-hydroxylation sites is 1. The second kappa shape index (κ2) is 8.75. The standard InChI is InChI=1S/C26H23N5O4/c1-33-21-6-3-2-5-17(21)9-11-30-12-10-20-19(25(30)32)16-27-26-28-24(29-31(20)26)18-7-8-22-23(15-18)35-14-4-13-34-22/h2-3,5-8,10,12,15-16H,4,9,11,13-14H2,1H3. The Bertz CT molecular complexity index is 1610. The summed E-state index contributed by atoms with van der Waals surface area (Å²) in [6.07, 6.45) is 4.86. The number of nitrogens with zero attached hydrogens (tertiary/aromatic N) is 5. The first-order valence-electron chi connectivity index (χ1n) is 11.5. The zero-order chi connectivity index (χ0) is 23.8. The molecule has 4 heterocycles. The summed E-state index contributed by atoms with van der Waals surface area (Å²) in [6.45, 7) is 1.75. The van der Waals surface area contributed by atoms with Crippen molar-refractivity contribution >= 4 is 16.7 Å². The van der Waals surface area contributed by atoms with Crippen molar-refractivity contribution in [3.63, 3.8) is 0 Å². The van der Waals surface area contributed by atoms with Gasteiger partial charge in [-0.2, -0.15) is 9.50 Å². The van der Waals surface area contributed by atoms with Crippen molar-refractivity contribution in [1.82, 2.24) is 24.1 Å². The van der Waals surface area contributed by atoms with E-state index in [0.29, 0.717) is 60.2 Å². The zero-order valence-corrected chi connectivity index (χ0v) is 19.2. The third-order valence-corrected chi connectivity index (χ3v) is 6.13. The van der Waals surface area contributed by atoms with Crippen molar-refractivity contribution < 1.29 is 14.2 Å². The number of fused-ring (bicyclic) bond motifs is 4. The van der Waals surface area contributed by atoms with E-state index >= 15 is 0 Å². The molecule has 0 unspecified atom stereocenters. The van der Waals surface area contributed by atoms with Crippen LogP contribution in [0.2, 0.25) is 0 Å². The fourth-order valence-electron chi connectivity index (χ4n) is 4.31. The molecule has 1 aliphatic heterocycles. The molecular weight excluding hydrogens is 446 g/mol. The highest BCUT2D eigenvalue weighted by molar-refractivity contribution is 5.79. The minimum absolute atomic E-state index is 0.126. The Labute approximate surface area is 200 Å². The minimum atomic E-state index is -0.126. The molecule has 0 amide bonds. The van der Waals surface area contributed by atoms with Gasteiger partial charge in [-0.25, -0.2) is 4.98 Å². The molecule has 35 heavy (non-hydrogen) atoms. The van der Waals surface area contributed by atoms with Crippen LogP contribution in [0.1, 0.15) is 12.0 Å². The highest BCUT2D eigenvalue weighted by atomic mass is 16.5. The smallest absolute Gasteiger partial charge is 0.261 e. The maximum absolute atomic E-state index is 13.2. The molecule has 1 aliphatic rings. The Morgan fingerprint density at radius 2 is 1.91 bits per heavy atom. The molecule has 0 atom stereocenters. The fourth-order valence-corrected chi connectivity index (χ4v) is 4.31. The number of aryl methyl sites for hydroxylation is 2. The minimum Gasteiger partial charge on any atom is -0.496 e. The van der Waals surface area contributed by atoms with E-state index in [4.69, 9.17) is 14.2 Å². The molecule has 0 bridgehead atoms. The number of aromatic nitrogens is 5. The Hall–Kier alpha value is -4.40. The van der Waals surface area contributed by atoms with E-state index in [1.807, 2.05) is 48.5 Å². The number of hydrogen-bond acceptors (Lipinski definition) is 7. The lowest BCUT2D eigenvalue weighted by Gasteiger charge is -2.10. The van der Waals surface area contributed by atoms with Gasteiger partial charge in [0.2, 0.25) is 0 Å². The van der Waals surface area contributed by atoms with Gasteiger partial charge < -0.3 is 18.8 Å². The second-order valence-electron chi connectivity index (χ2n) is 8.29. The molecule has 9 heteroatoms. The van der Waals surface area contributed by atoms with Gasteiger partial charge in [0.05, 0.1) is 31.2 Å². The Balaban J connectivity index is 1.35. The monoisotopic (exact) mass is 469 g/mol. The highest BCUT2D eigenvalue weighted by Crippen LogP contribution is 2.33. The predicted molar refractivity (Wildman–Crippen MR) is 130 cm³/mol. The summed E-state index contributed by atoms with van der Waals surface area (Å²) in [7, 11) is 1.65. The van der Waals surface area contributed by atoms with Crippen LogP contribution in [0.5, 0.6) is 17.2 Å². The van der Waals surface area contributed by atoms with Gasteiger partial charge in [0.25, 0.3) is 11.3 Å². The van der Waals surface area contributed by atoms with Crippen molar-refractivity contribution in [3.05, 3.63) is 76.8 Å². The lowest BCUT2D eigenvalue weighted by atomic mass is 10.1. The van der Waals surface area contributed by atoms with E-state index in [9.17, 15) is 4.79 Å². The lowest BCUT2D eigenvalue weighted by Crippen LogP contribution is -2.21. The second-order valence-corrected chi connectivity index (χ2v) is 8.29. The first-order chi connectivity index (χ1) is 17.2. The summed E-state index contributed by atoms with van der Waals surface area (Å²) in [5.41, 5.74) is 2.37. The van der Waals surface area contributed by atoms with Gasteiger partial charge in [-0.15, -0.1) is 5.10 Å². The van der Waals surface area contributed by atoms with Crippen LogP contribution >= 0.6 is 0 Å². The number of benzene rings is 2. The molecule has 0 radical (unpaired) electrons. The number of ether oxygens (including phenoxy) is 3. The first-order valence-corrected chi connectivity index (χ1v) is 11.5. The summed E-state index contributed by atoms with van der Waals surface area (Å²) in [5, 5.41) is 5.13. The van der Waals surface area contributed by atoms with Gasteiger partial charge in [0.1, 0.15) is 5.75 Å². The van der Waals surface area contributed by atoms with Crippen LogP contribution < -0.4 is 19.8 Å². The molecule has 0 saturated heterocycles. The van der Waals surface area contributed by atoms with Crippen LogP contribution in [0, 0.1) is 0 Å². The van der Waals surface area contributed by atoms with Gasteiger partial charge >= 0.3 is 0 Å². The van der Waals surface area contributed by atoms with Crippen molar-refractivity contribution in [2.45, 2.75) is 19.4 Å². The Kier molecular flexibility index (Phi) is 5.29. The van der Waals surface area contributed by atoms with Crippen LogP contribution in [0.4, 0.5) is 0 Å². The molecule has 5 aromatic rings. The van der Waals surface area contributed by atoms with E-state index in [0.717, 1.165) is 23.3 Å². The van der Waals surface area contributed by atoms with E-state index in [-0.39, 0.29) is 5.56 Å². The molecule has 0 spiro atoms. The van der Waals surface area contributed by atoms with Gasteiger partial charge in [0.15, 0.2) is 17.3 Å². The summed E-state index contributed by atoms with van der Waals surface area (Å²) in [5.74, 6) is 3.13. The molecular formula is C26H23N5O4. The molecule has 0 fully saturated rings. The van der Waals surface area contributed by atoms with Crippen LogP contribution in [0.3, 0.4) is 0 Å². The van der Waals surface area contributed by atoms with Gasteiger partial charge in [-0.1, -0.05) is 18.2 Å². The SMILES string of the molecule is COc1ccccc1CCn1ccc2c(cnc3nc(-c4ccc5c(c4)OCCCO5)nn32)c1=O. The molecule has 9 nitrogen and oxygen atoms in total.